The van der Waals surface area contributed by atoms with Crippen molar-refractivity contribution in [2.75, 3.05) is 24.7 Å². The van der Waals surface area contributed by atoms with Crippen LogP contribution in [0.1, 0.15) is 31.4 Å². The van der Waals surface area contributed by atoms with Crippen molar-refractivity contribution in [2.45, 2.75) is 38.4 Å². The number of anilines is 1. The molecule has 5 rings (SSSR count). The molecule has 0 bridgehead atoms. The molecule has 3 heterocycles. The Hall–Kier alpha value is -3.38. The summed E-state index contributed by atoms with van der Waals surface area (Å²) in [5.74, 6) is 1.11. The van der Waals surface area contributed by atoms with Gasteiger partial charge in [-0.3, -0.25) is 4.79 Å². The molecular weight excluding hydrogens is 433 g/mol. The zero-order valence-electron chi connectivity index (χ0n) is 19.5. The fourth-order valence-electron chi connectivity index (χ4n) is 4.98. The van der Waals surface area contributed by atoms with Crippen LogP contribution in [0, 0.1) is 5.82 Å². The van der Waals surface area contributed by atoms with Crippen LogP contribution in [0.5, 0.6) is 0 Å². The number of benzene rings is 2. The first-order chi connectivity index (χ1) is 16.4. The van der Waals surface area contributed by atoms with Gasteiger partial charge in [0.2, 0.25) is 5.91 Å². The Balaban J connectivity index is 1.42. The minimum atomic E-state index is -0.896. The molecule has 0 aromatic heterocycles. The summed E-state index contributed by atoms with van der Waals surface area (Å²) in [5.41, 5.74) is 3.67. The first kappa shape index (κ1) is 22.4. The molecule has 2 aromatic carbocycles. The summed E-state index contributed by atoms with van der Waals surface area (Å²) < 4.78 is 30.7. The molecular formula is C28H28FNO4. The predicted molar refractivity (Wildman–Crippen MR) is 128 cm³/mol. The summed E-state index contributed by atoms with van der Waals surface area (Å²) >= 11 is 0. The molecule has 1 fully saturated rings. The Kier molecular flexibility index (Phi) is 5.78. The summed E-state index contributed by atoms with van der Waals surface area (Å²) in [5, 5.41) is 0. The summed E-state index contributed by atoms with van der Waals surface area (Å²) in [6.45, 7) is 9.47. The van der Waals surface area contributed by atoms with E-state index in [-0.39, 0.29) is 24.4 Å². The molecule has 2 atom stereocenters. The molecule has 5 nitrogen and oxygen atoms in total. The van der Waals surface area contributed by atoms with E-state index in [0.29, 0.717) is 25.5 Å². The number of allylic oxidation sites excluding steroid dienone is 3. The van der Waals surface area contributed by atoms with Crippen LogP contribution in [-0.2, 0) is 31.0 Å². The first-order valence-corrected chi connectivity index (χ1v) is 11.5. The highest BCUT2D eigenvalue weighted by atomic mass is 19.1. The summed E-state index contributed by atoms with van der Waals surface area (Å²) in [7, 11) is 0. The van der Waals surface area contributed by atoms with Gasteiger partial charge in [-0.25, -0.2) is 4.39 Å². The SMILES string of the molecule is C=C1OCCC1=CC1=C(C)OCC12C(=O)N(CC(C)OCc1ccc(F)cc1)c1ccccc12. The molecule has 3 aliphatic heterocycles. The molecule has 176 valence electrons. The molecule has 0 N–H and O–H groups in total. The Morgan fingerprint density at radius 2 is 1.97 bits per heavy atom. The number of amides is 1. The fraction of sp³-hybridized carbons (Fsp3) is 0.321. The van der Waals surface area contributed by atoms with Crippen LogP contribution in [0.2, 0.25) is 0 Å². The minimum absolute atomic E-state index is 0.0147. The van der Waals surface area contributed by atoms with Gasteiger partial charge in [-0.2, -0.15) is 0 Å². The lowest BCUT2D eigenvalue weighted by Crippen LogP contribution is -2.45. The zero-order chi connectivity index (χ0) is 23.9. The number of hydrogen-bond donors (Lipinski definition) is 0. The molecule has 34 heavy (non-hydrogen) atoms. The maximum absolute atomic E-state index is 14.1. The highest BCUT2D eigenvalue weighted by molar-refractivity contribution is 6.11. The third-order valence-corrected chi connectivity index (χ3v) is 6.82. The lowest BCUT2D eigenvalue weighted by atomic mass is 9.75. The van der Waals surface area contributed by atoms with Crippen LogP contribution in [0.4, 0.5) is 10.1 Å². The Bertz CT molecular complexity index is 1200. The summed E-state index contributed by atoms with van der Waals surface area (Å²) in [4.78, 5) is 15.9. The van der Waals surface area contributed by atoms with E-state index in [0.717, 1.165) is 40.1 Å². The van der Waals surface area contributed by atoms with Crippen molar-refractivity contribution < 1.29 is 23.4 Å². The van der Waals surface area contributed by atoms with E-state index in [9.17, 15) is 9.18 Å². The van der Waals surface area contributed by atoms with Crippen LogP contribution in [0.3, 0.4) is 0 Å². The number of carbonyl (C=O) groups is 1. The van der Waals surface area contributed by atoms with Gasteiger partial charge in [0.25, 0.3) is 0 Å². The van der Waals surface area contributed by atoms with Crippen molar-refractivity contribution in [1.29, 1.82) is 0 Å². The number of rotatable bonds is 6. The van der Waals surface area contributed by atoms with Crippen molar-refractivity contribution in [3.8, 4) is 0 Å². The number of carbonyl (C=O) groups excluding carboxylic acids is 1. The van der Waals surface area contributed by atoms with Gasteiger partial charge in [0.1, 0.15) is 23.6 Å². The van der Waals surface area contributed by atoms with E-state index in [1.807, 2.05) is 49.1 Å². The molecule has 0 aliphatic carbocycles. The Morgan fingerprint density at radius 3 is 2.71 bits per heavy atom. The van der Waals surface area contributed by atoms with Gasteiger partial charge in [0.05, 0.1) is 31.6 Å². The van der Waals surface area contributed by atoms with Gasteiger partial charge < -0.3 is 19.1 Å². The quantitative estimate of drug-likeness (QED) is 0.595. The fourth-order valence-corrected chi connectivity index (χ4v) is 4.98. The second-order valence-corrected chi connectivity index (χ2v) is 9.04. The monoisotopic (exact) mass is 461 g/mol. The van der Waals surface area contributed by atoms with Gasteiger partial charge >= 0.3 is 0 Å². The molecule has 0 radical (unpaired) electrons. The predicted octanol–water partition coefficient (Wildman–Crippen LogP) is 5.18. The van der Waals surface area contributed by atoms with Crippen LogP contribution in [0.15, 0.2) is 83.9 Å². The lowest BCUT2D eigenvalue weighted by Gasteiger charge is -2.26. The molecule has 2 unspecified atom stereocenters. The molecule has 1 amide bonds. The van der Waals surface area contributed by atoms with Crippen LogP contribution >= 0.6 is 0 Å². The average Bonchev–Trinajstić information content (AvgIpc) is 3.46. The Labute approximate surface area is 199 Å². The van der Waals surface area contributed by atoms with E-state index in [1.165, 1.54) is 12.1 Å². The third kappa shape index (κ3) is 3.72. The normalized spacial score (nSPS) is 23.6. The van der Waals surface area contributed by atoms with E-state index in [2.05, 4.69) is 6.58 Å². The largest absolute Gasteiger partial charge is 0.496 e. The molecule has 0 saturated carbocycles. The first-order valence-electron chi connectivity index (χ1n) is 11.5. The van der Waals surface area contributed by atoms with Crippen molar-refractivity contribution in [1.82, 2.24) is 0 Å². The van der Waals surface area contributed by atoms with E-state index in [4.69, 9.17) is 14.2 Å². The smallest absolute Gasteiger partial charge is 0.245 e. The standard InChI is InChI=1S/C28H28FNO4/c1-18(33-16-21-8-10-23(29)11-9-21)15-30-26-7-5-4-6-24(26)28(27(30)31)17-34-20(3)25(28)14-22-12-13-32-19(22)2/h4-11,14,18H,2,12-13,15-17H2,1,3H3. The second kappa shape index (κ2) is 8.76. The zero-order valence-corrected chi connectivity index (χ0v) is 19.5. The number of para-hydroxylation sites is 1. The minimum Gasteiger partial charge on any atom is -0.496 e. The molecule has 3 aliphatic rings. The van der Waals surface area contributed by atoms with Gasteiger partial charge in [-0.1, -0.05) is 36.9 Å². The van der Waals surface area contributed by atoms with Crippen LogP contribution in [0.25, 0.3) is 0 Å². The summed E-state index contributed by atoms with van der Waals surface area (Å²) in [6.07, 6.45) is 2.57. The van der Waals surface area contributed by atoms with Crippen molar-refractivity contribution in [3.05, 3.63) is 101 Å². The maximum atomic E-state index is 14.1. The highest BCUT2D eigenvalue weighted by Crippen LogP contribution is 2.51. The lowest BCUT2D eigenvalue weighted by molar-refractivity contribution is -0.122. The van der Waals surface area contributed by atoms with Gasteiger partial charge in [0, 0.05) is 17.7 Å². The van der Waals surface area contributed by atoms with E-state index >= 15 is 0 Å². The average molecular weight is 462 g/mol. The number of hydrogen-bond acceptors (Lipinski definition) is 4. The molecule has 1 spiro atoms. The number of halogens is 1. The van der Waals surface area contributed by atoms with Crippen molar-refractivity contribution in [2.24, 2.45) is 0 Å². The number of nitrogens with zero attached hydrogens (tertiary/aromatic N) is 1. The topological polar surface area (TPSA) is 48.0 Å². The Morgan fingerprint density at radius 1 is 1.21 bits per heavy atom. The van der Waals surface area contributed by atoms with E-state index in [1.54, 1.807) is 12.1 Å². The van der Waals surface area contributed by atoms with Crippen LogP contribution < -0.4 is 4.90 Å². The molecule has 1 saturated heterocycles. The third-order valence-electron chi connectivity index (χ3n) is 6.82. The maximum Gasteiger partial charge on any atom is 0.245 e. The second-order valence-electron chi connectivity index (χ2n) is 9.04. The van der Waals surface area contributed by atoms with Crippen molar-refractivity contribution >= 4 is 11.6 Å². The molecule has 6 heteroatoms. The highest BCUT2D eigenvalue weighted by Gasteiger charge is 2.57. The van der Waals surface area contributed by atoms with Gasteiger partial charge in [-0.15, -0.1) is 0 Å². The molecule has 2 aromatic rings. The van der Waals surface area contributed by atoms with Gasteiger partial charge in [-0.05, 0) is 54.8 Å². The number of fused-ring (bicyclic) bond motifs is 2. The van der Waals surface area contributed by atoms with Crippen molar-refractivity contribution in [3.63, 3.8) is 0 Å². The summed E-state index contributed by atoms with van der Waals surface area (Å²) in [6, 6.07) is 14.1. The van der Waals surface area contributed by atoms with Crippen LogP contribution in [-0.4, -0.2) is 31.8 Å². The van der Waals surface area contributed by atoms with E-state index < -0.39 is 5.41 Å². The number of ether oxygens (including phenoxy) is 3. The van der Waals surface area contributed by atoms with Gasteiger partial charge in [0.15, 0.2) is 0 Å².